The number of aromatic nitrogens is 1. The Kier molecular flexibility index (Phi) is 9.57. The van der Waals surface area contributed by atoms with Gasteiger partial charge in [-0.1, -0.05) is 30.3 Å². The van der Waals surface area contributed by atoms with Crippen molar-refractivity contribution in [3.05, 3.63) is 93.8 Å². The Bertz CT molecular complexity index is 1420. The van der Waals surface area contributed by atoms with Crippen LogP contribution >= 0.6 is 11.6 Å². The SMILES string of the molecule is C=CNc1ncc(CNc2cc(NC(=O)c3ccc(CN4CCN(C)CC4)c(C(F)(F)F)c3)ccc2C)c(Cl)c1C. The lowest BCUT2D eigenvalue weighted by Gasteiger charge is -2.33. The second kappa shape index (κ2) is 12.9. The highest BCUT2D eigenvalue weighted by Crippen LogP contribution is 2.34. The van der Waals surface area contributed by atoms with Crippen LogP contribution in [0.15, 0.2) is 55.4 Å². The summed E-state index contributed by atoms with van der Waals surface area (Å²) in [7, 11) is 1.99. The molecule has 4 rings (SSSR count). The number of hydrogen-bond acceptors (Lipinski definition) is 6. The Hall–Kier alpha value is -3.60. The Morgan fingerprint density at radius 2 is 1.83 bits per heavy atom. The van der Waals surface area contributed by atoms with E-state index in [0.717, 1.165) is 41.5 Å². The highest BCUT2D eigenvalue weighted by molar-refractivity contribution is 6.32. The van der Waals surface area contributed by atoms with Crippen molar-refractivity contribution in [2.75, 3.05) is 49.2 Å². The lowest BCUT2D eigenvalue weighted by Crippen LogP contribution is -2.44. The quantitative estimate of drug-likeness (QED) is 0.265. The summed E-state index contributed by atoms with van der Waals surface area (Å²) in [4.78, 5) is 21.5. The number of likely N-dealkylation sites (N-methyl/N-ethyl adjacent to an activating group) is 1. The van der Waals surface area contributed by atoms with Crippen LogP contribution in [0.5, 0.6) is 0 Å². The maximum Gasteiger partial charge on any atom is 0.416 e. The number of benzene rings is 2. The summed E-state index contributed by atoms with van der Waals surface area (Å²) < 4.78 is 41.9. The number of alkyl halides is 3. The topological polar surface area (TPSA) is 72.5 Å². The smallest absolute Gasteiger partial charge is 0.381 e. The molecule has 0 spiro atoms. The summed E-state index contributed by atoms with van der Waals surface area (Å²) >= 11 is 6.53. The van der Waals surface area contributed by atoms with Crippen LogP contribution in [-0.4, -0.2) is 53.9 Å². The molecule has 3 aromatic rings. The largest absolute Gasteiger partial charge is 0.416 e. The first-order valence-electron chi connectivity index (χ1n) is 13.2. The number of hydrogen-bond donors (Lipinski definition) is 3. The van der Waals surface area contributed by atoms with E-state index in [2.05, 4.69) is 32.4 Å². The van der Waals surface area contributed by atoms with Gasteiger partial charge in [0.1, 0.15) is 5.82 Å². The van der Waals surface area contributed by atoms with E-state index < -0.39 is 17.6 Å². The van der Waals surface area contributed by atoms with Gasteiger partial charge in [0.05, 0.1) is 10.6 Å². The van der Waals surface area contributed by atoms with E-state index >= 15 is 0 Å². The minimum Gasteiger partial charge on any atom is -0.381 e. The number of carbonyl (C=O) groups is 1. The Labute approximate surface area is 243 Å². The van der Waals surface area contributed by atoms with E-state index in [4.69, 9.17) is 11.6 Å². The van der Waals surface area contributed by atoms with E-state index in [1.54, 1.807) is 18.3 Å². The first-order chi connectivity index (χ1) is 19.5. The molecule has 0 atom stereocenters. The van der Waals surface area contributed by atoms with Crippen molar-refractivity contribution in [1.82, 2.24) is 14.8 Å². The molecule has 0 unspecified atom stereocenters. The van der Waals surface area contributed by atoms with Gasteiger partial charge in [-0.25, -0.2) is 4.98 Å². The first-order valence-corrected chi connectivity index (χ1v) is 13.6. The average Bonchev–Trinajstić information content (AvgIpc) is 2.93. The fourth-order valence-corrected chi connectivity index (χ4v) is 4.86. The second-order valence-corrected chi connectivity index (χ2v) is 10.6. The predicted octanol–water partition coefficient (Wildman–Crippen LogP) is 6.54. The van der Waals surface area contributed by atoms with Gasteiger partial charge in [0.25, 0.3) is 5.91 Å². The fraction of sp³-hybridized carbons (Fsp3) is 0.333. The number of anilines is 3. The molecule has 1 fully saturated rings. The Morgan fingerprint density at radius 1 is 1.10 bits per heavy atom. The van der Waals surface area contributed by atoms with E-state index in [9.17, 15) is 18.0 Å². The predicted molar refractivity (Wildman–Crippen MR) is 158 cm³/mol. The number of nitrogens with zero attached hydrogens (tertiary/aromatic N) is 3. The van der Waals surface area contributed by atoms with Gasteiger partial charge in [0.15, 0.2) is 0 Å². The number of piperazine rings is 1. The third kappa shape index (κ3) is 7.58. The van der Waals surface area contributed by atoms with Crippen molar-refractivity contribution in [1.29, 1.82) is 0 Å². The second-order valence-electron chi connectivity index (χ2n) is 10.2. The van der Waals surface area contributed by atoms with E-state index in [1.165, 1.54) is 18.3 Å². The molecule has 2 aromatic carbocycles. The molecule has 218 valence electrons. The fourth-order valence-electron chi connectivity index (χ4n) is 4.66. The highest BCUT2D eigenvalue weighted by atomic mass is 35.5. The van der Waals surface area contributed by atoms with Crippen LogP contribution in [-0.2, 0) is 19.3 Å². The van der Waals surface area contributed by atoms with Crippen LogP contribution in [0.2, 0.25) is 5.02 Å². The van der Waals surface area contributed by atoms with Gasteiger partial charge >= 0.3 is 6.18 Å². The van der Waals surface area contributed by atoms with Crippen LogP contribution in [0.3, 0.4) is 0 Å². The summed E-state index contributed by atoms with van der Waals surface area (Å²) in [6.07, 6.45) is -1.38. The number of nitrogens with one attached hydrogen (secondary N) is 3. The lowest BCUT2D eigenvalue weighted by atomic mass is 10.0. The molecule has 2 heterocycles. The van der Waals surface area contributed by atoms with Crippen LogP contribution < -0.4 is 16.0 Å². The van der Waals surface area contributed by atoms with Crippen LogP contribution in [0.1, 0.15) is 38.2 Å². The van der Waals surface area contributed by atoms with Crippen molar-refractivity contribution in [3.8, 4) is 0 Å². The lowest BCUT2D eigenvalue weighted by molar-refractivity contribution is -0.138. The Morgan fingerprint density at radius 3 is 2.51 bits per heavy atom. The summed E-state index contributed by atoms with van der Waals surface area (Å²) in [6, 6.07) is 9.07. The van der Waals surface area contributed by atoms with Gasteiger partial charge in [-0.05, 0) is 62.5 Å². The van der Waals surface area contributed by atoms with Crippen LogP contribution in [0.4, 0.5) is 30.4 Å². The summed E-state index contributed by atoms with van der Waals surface area (Å²) in [6.45, 7) is 11.0. The van der Waals surface area contributed by atoms with E-state index in [-0.39, 0.29) is 17.7 Å². The van der Waals surface area contributed by atoms with Crippen molar-refractivity contribution in [3.63, 3.8) is 0 Å². The molecule has 0 aliphatic carbocycles. The molecule has 1 aliphatic rings. The van der Waals surface area contributed by atoms with Crippen molar-refractivity contribution < 1.29 is 18.0 Å². The Balaban J connectivity index is 1.48. The van der Waals surface area contributed by atoms with Gasteiger partial charge in [0, 0.05) is 73.5 Å². The number of amides is 1. The molecule has 0 bridgehead atoms. The van der Waals surface area contributed by atoms with Crippen molar-refractivity contribution in [2.45, 2.75) is 33.1 Å². The standard InChI is InChI=1S/C30H34ClF3N6O/c1-5-35-28-20(3)27(31)23(17-37-28)16-36-26-15-24(9-6-19(26)2)38-29(41)21-7-8-22(25(14-21)30(32,33)34)18-40-12-10-39(4)11-13-40/h5-9,14-15,17,36H,1,10-13,16,18H2,2-4H3,(H,35,37)(H,38,41). The summed E-state index contributed by atoms with van der Waals surface area (Å²) in [5.41, 5.74) is 2.99. The maximum absolute atomic E-state index is 14.0. The maximum atomic E-state index is 14.0. The van der Waals surface area contributed by atoms with Gasteiger partial charge in [-0.2, -0.15) is 13.2 Å². The number of pyridine rings is 1. The molecule has 41 heavy (non-hydrogen) atoms. The molecular weight excluding hydrogens is 553 g/mol. The number of halogens is 4. The molecule has 1 saturated heterocycles. The molecule has 0 saturated carbocycles. The molecule has 11 heteroatoms. The third-order valence-electron chi connectivity index (χ3n) is 7.19. The zero-order valence-corrected chi connectivity index (χ0v) is 24.1. The minimum atomic E-state index is -4.58. The molecular formula is C30H34ClF3N6O. The van der Waals surface area contributed by atoms with Gasteiger partial charge in [0.2, 0.25) is 0 Å². The number of rotatable bonds is 9. The molecule has 3 N–H and O–H groups in total. The molecule has 1 aliphatic heterocycles. The molecule has 0 radical (unpaired) electrons. The monoisotopic (exact) mass is 586 g/mol. The first kappa shape index (κ1) is 30.4. The minimum absolute atomic E-state index is 0.0592. The zero-order chi connectivity index (χ0) is 29.7. The molecule has 1 aromatic heterocycles. The van der Waals surface area contributed by atoms with Gasteiger partial charge in [-0.3, -0.25) is 9.69 Å². The molecule has 1 amide bonds. The van der Waals surface area contributed by atoms with E-state index in [0.29, 0.717) is 36.2 Å². The molecule has 7 nitrogen and oxygen atoms in total. The van der Waals surface area contributed by atoms with Crippen LogP contribution in [0, 0.1) is 13.8 Å². The summed E-state index contributed by atoms with van der Waals surface area (Å²) in [5, 5.41) is 9.55. The summed E-state index contributed by atoms with van der Waals surface area (Å²) in [5.74, 6) is 0.000286. The van der Waals surface area contributed by atoms with Gasteiger partial charge in [-0.15, -0.1) is 0 Å². The van der Waals surface area contributed by atoms with Gasteiger partial charge < -0.3 is 20.9 Å². The third-order valence-corrected chi connectivity index (χ3v) is 7.71. The number of carbonyl (C=O) groups excluding carboxylic acids is 1. The number of aryl methyl sites for hydroxylation is 1. The average molecular weight is 587 g/mol. The van der Waals surface area contributed by atoms with Crippen molar-refractivity contribution in [2.24, 2.45) is 0 Å². The zero-order valence-electron chi connectivity index (χ0n) is 23.3. The van der Waals surface area contributed by atoms with Crippen molar-refractivity contribution >= 4 is 34.7 Å². The normalized spacial score (nSPS) is 14.5. The van der Waals surface area contributed by atoms with E-state index in [1.807, 2.05) is 31.9 Å². The van der Waals surface area contributed by atoms with Crippen LogP contribution in [0.25, 0.3) is 0 Å². The highest BCUT2D eigenvalue weighted by Gasteiger charge is 2.34.